The van der Waals surface area contributed by atoms with Gasteiger partial charge in [-0.1, -0.05) is 32.9 Å². The van der Waals surface area contributed by atoms with Crippen molar-refractivity contribution in [1.82, 2.24) is 19.7 Å². The fraction of sp³-hybridized carbons (Fsp3) is 0.433. The molecule has 4 rings (SSSR count). The highest BCUT2D eigenvalue weighted by atomic mass is 16.4. The molecule has 202 valence electrons. The summed E-state index contributed by atoms with van der Waals surface area (Å²) in [4.78, 5) is 36.3. The van der Waals surface area contributed by atoms with E-state index in [0.717, 1.165) is 37.3 Å². The van der Waals surface area contributed by atoms with E-state index in [1.807, 2.05) is 29.2 Å². The van der Waals surface area contributed by atoms with E-state index in [1.54, 1.807) is 12.1 Å². The average Bonchev–Trinajstić information content (AvgIpc) is 3.32. The zero-order valence-electron chi connectivity index (χ0n) is 23.4. The highest BCUT2D eigenvalue weighted by Gasteiger charge is 2.29. The predicted octanol–water partition coefficient (Wildman–Crippen LogP) is 4.58. The maximum atomic E-state index is 13.7. The summed E-state index contributed by atoms with van der Waals surface area (Å²) in [5.41, 5.74) is 3.80. The van der Waals surface area contributed by atoms with E-state index >= 15 is 0 Å². The van der Waals surface area contributed by atoms with Crippen LogP contribution in [-0.2, 0) is 10.2 Å². The number of anilines is 1. The van der Waals surface area contributed by atoms with Crippen molar-refractivity contribution >= 4 is 17.5 Å². The largest absolute Gasteiger partial charge is 0.435 e. The Hall–Kier alpha value is -3.49. The number of nitrogens with zero attached hydrogens (tertiary/aromatic N) is 4. The van der Waals surface area contributed by atoms with Gasteiger partial charge in [-0.15, -0.1) is 0 Å². The van der Waals surface area contributed by atoms with Crippen LogP contribution in [0.3, 0.4) is 0 Å². The molecule has 8 nitrogen and oxygen atoms in total. The summed E-state index contributed by atoms with van der Waals surface area (Å²) in [6.45, 7) is 12.9. The van der Waals surface area contributed by atoms with Gasteiger partial charge in [0.15, 0.2) is 11.5 Å². The summed E-state index contributed by atoms with van der Waals surface area (Å²) in [5, 5.41) is 2.77. The Balaban J connectivity index is 1.62. The van der Waals surface area contributed by atoms with Crippen molar-refractivity contribution in [2.45, 2.75) is 33.1 Å². The first-order valence-electron chi connectivity index (χ1n) is 13.2. The maximum Gasteiger partial charge on any atom is 0.276 e. The van der Waals surface area contributed by atoms with Crippen molar-refractivity contribution in [3.05, 3.63) is 59.8 Å². The molecule has 2 amide bonds. The molecule has 2 aromatic carbocycles. The van der Waals surface area contributed by atoms with Crippen LogP contribution in [0.15, 0.2) is 52.9 Å². The third-order valence-electron chi connectivity index (χ3n) is 6.82. The molecule has 38 heavy (non-hydrogen) atoms. The Kier molecular flexibility index (Phi) is 8.33. The van der Waals surface area contributed by atoms with Crippen LogP contribution in [-0.4, -0.2) is 84.9 Å². The molecular weight excluding hydrogens is 478 g/mol. The van der Waals surface area contributed by atoms with Crippen LogP contribution in [0.25, 0.3) is 22.8 Å². The van der Waals surface area contributed by atoms with E-state index in [0.29, 0.717) is 36.1 Å². The lowest BCUT2D eigenvalue weighted by Gasteiger charge is -2.34. The molecule has 0 atom stereocenters. The minimum atomic E-state index is -0.140. The molecular formula is C30H39N5O3. The van der Waals surface area contributed by atoms with Crippen LogP contribution < -0.4 is 5.32 Å². The number of likely N-dealkylation sites (N-methyl/N-ethyl adjacent to an activating group) is 1. The van der Waals surface area contributed by atoms with Crippen LogP contribution in [0.4, 0.5) is 5.69 Å². The second kappa shape index (κ2) is 11.5. The highest BCUT2D eigenvalue weighted by Crippen LogP contribution is 2.33. The normalized spacial score (nSPS) is 14.7. The topological polar surface area (TPSA) is 81.9 Å². The number of carbonyl (C=O) groups excluding carboxylic acids is 2. The smallest absolute Gasteiger partial charge is 0.276 e. The molecule has 0 radical (unpaired) electrons. The molecule has 0 unspecified atom stereocenters. The first-order valence-corrected chi connectivity index (χ1v) is 13.2. The molecule has 1 aliphatic heterocycles. The summed E-state index contributed by atoms with van der Waals surface area (Å²) in [6, 6.07) is 15.4. The Morgan fingerprint density at radius 2 is 1.55 bits per heavy atom. The van der Waals surface area contributed by atoms with Crippen LogP contribution in [0.2, 0.25) is 0 Å². The van der Waals surface area contributed by atoms with E-state index < -0.39 is 0 Å². The lowest BCUT2D eigenvalue weighted by atomic mass is 9.87. The zero-order valence-corrected chi connectivity index (χ0v) is 23.4. The van der Waals surface area contributed by atoms with Gasteiger partial charge < -0.3 is 19.5 Å². The molecule has 0 bridgehead atoms. The molecule has 0 aliphatic carbocycles. The van der Waals surface area contributed by atoms with E-state index in [9.17, 15) is 9.59 Å². The lowest BCUT2D eigenvalue weighted by Crippen LogP contribution is -2.50. The van der Waals surface area contributed by atoms with Gasteiger partial charge in [0.1, 0.15) is 0 Å². The maximum absolute atomic E-state index is 13.7. The highest BCUT2D eigenvalue weighted by molar-refractivity contribution is 5.98. The van der Waals surface area contributed by atoms with Gasteiger partial charge in [0.25, 0.3) is 5.91 Å². The zero-order chi connectivity index (χ0) is 27.4. The number of hydrogen-bond donors (Lipinski definition) is 1. The van der Waals surface area contributed by atoms with Gasteiger partial charge in [0.05, 0.1) is 0 Å². The minimum absolute atomic E-state index is 0.0335. The molecule has 8 heteroatoms. The first-order chi connectivity index (χ1) is 18.0. The summed E-state index contributed by atoms with van der Waals surface area (Å²) in [6.07, 6.45) is 0. The van der Waals surface area contributed by atoms with E-state index in [1.165, 1.54) is 12.5 Å². The Labute approximate surface area is 225 Å². The van der Waals surface area contributed by atoms with E-state index in [2.05, 4.69) is 62.1 Å². The summed E-state index contributed by atoms with van der Waals surface area (Å²) < 4.78 is 6.27. The van der Waals surface area contributed by atoms with Crippen molar-refractivity contribution in [3.63, 3.8) is 0 Å². The predicted molar refractivity (Wildman–Crippen MR) is 151 cm³/mol. The monoisotopic (exact) mass is 517 g/mol. The number of benzene rings is 2. The molecule has 1 aromatic heterocycles. The third-order valence-corrected chi connectivity index (χ3v) is 6.82. The van der Waals surface area contributed by atoms with Gasteiger partial charge in [0.2, 0.25) is 11.8 Å². The molecule has 1 N–H and O–H groups in total. The van der Waals surface area contributed by atoms with Crippen molar-refractivity contribution in [3.8, 4) is 22.8 Å². The number of oxazole rings is 1. The second-order valence-corrected chi connectivity index (χ2v) is 11.2. The van der Waals surface area contributed by atoms with E-state index in [-0.39, 0.29) is 17.2 Å². The number of carbonyl (C=O) groups is 2. The fourth-order valence-corrected chi connectivity index (χ4v) is 4.47. The van der Waals surface area contributed by atoms with Crippen LogP contribution in [0.1, 0.15) is 43.7 Å². The molecule has 0 saturated carbocycles. The van der Waals surface area contributed by atoms with Crippen LogP contribution >= 0.6 is 0 Å². The second-order valence-electron chi connectivity index (χ2n) is 11.2. The van der Waals surface area contributed by atoms with Crippen molar-refractivity contribution in [2.24, 2.45) is 0 Å². The summed E-state index contributed by atoms with van der Waals surface area (Å²) >= 11 is 0. The minimum Gasteiger partial charge on any atom is -0.435 e. The number of rotatable bonds is 7. The van der Waals surface area contributed by atoms with Gasteiger partial charge >= 0.3 is 0 Å². The summed E-state index contributed by atoms with van der Waals surface area (Å²) in [7, 11) is 4.14. The molecule has 0 spiro atoms. The quantitative estimate of drug-likeness (QED) is 0.494. The van der Waals surface area contributed by atoms with Crippen LogP contribution in [0.5, 0.6) is 0 Å². The van der Waals surface area contributed by atoms with Gasteiger partial charge in [-0.2, -0.15) is 0 Å². The molecule has 1 fully saturated rings. The summed E-state index contributed by atoms with van der Waals surface area (Å²) in [5.74, 6) is 0.590. The third kappa shape index (κ3) is 6.68. The number of nitrogens with one attached hydrogen (secondary N) is 1. The van der Waals surface area contributed by atoms with Crippen molar-refractivity contribution < 1.29 is 14.0 Å². The Morgan fingerprint density at radius 1 is 0.947 bits per heavy atom. The SMILES string of the molecule is CC(=O)Nc1ccc(-c2oc(-c3ccc(C(C)(C)C)cc3)nc2C(=O)N2CCN(CCN(C)C)CC2)cc1. The van der Waals surface area contributed by atoms with Crippen molar-refractivity contribution in [1.29, 1.82) is 0 Å². The molecule has 2 heterocycles. The lowest BCUT2D eigenvalue weighted by molar-refractivity contribution is -0.114. The van der Waals surface area contributed by atoms with Crippen molar-refractivity contribution in [2.75, 3.05) is 58.7 Å². The average molecular weight is 518 g/mol. The van der Waals surface area contributed by atoms with Gasteiger partial charge in [-0.3, -0.25) is 14.5 Å². The van der Waals surface area contributed by atoms with Gasteiger partial charge in [-0.25, -0.2) is 4.98 Å². The molecule has 1 saturated heterocycles. The van der Waals surface area contributed by atoms with Gasteiger partial charge in [-0.05, 0) is 61.5 Å². The van der Waals surface area contributed by atoms with Gasteiger partial charge in [0, 0.05) is 63.0 Å². The molecule has 1 aliphatic rings. The fourth-order valence-electron chi connectivity index (χ4n) is 4.47. The number of hydrogen-bond acceptors (Lipinski definition) is 6. The standard InChI is InChI=1S/C30H39N5O3/c1-21(36)31-25-13-9-22(10-14-25)27-26(29(37)35-19-17-34(18-20-35)16-15-33(5)6)32-28(38-27)23-7-11-24(12-8-23)30(2,3)4/h7-14H,15-20H2,1-6H3,(H,31,36). The number of aromatic nitrogens is 1. The Morgan fingerprint density at radius 3 is 2.11 bits per heavy atom. The van der Waals surface area contributed by atoms with Crippen LogP contribution in [0, 0.1) is 0 Å². The number of amides is 2. The molecule has 3 aromatic rings. The van der Waals surface area contributed by atoms with E-state index in [4.69, 9.17) is 9.40 Å². The Bertz CT molecular complexity index is 1250. The number of piperazine rings is 1. The first kappa shape index (κ1) is 27.5.